The molecule has 5 rings (SSSR count). The molecule has 0 amide bonds. The van der Waals surface area contributed by atoms with Crippen LogP contribution in [0, 0.1) is 6.92 Å². The summed E-state index contributed by atoms with van der Waals surface area (Å²) in [5, 5.41) is 4.26. The normalized spacial score (nSPS) is 17.8. The van der Waals surface area contributed by atoms with Crippen LogP contribution in [0.1, 0.15) is 29.0 Å². The molecule has 1 N–H and O–H groups in total. The molecule has 3 heterocycles. The first-order chi connectivity index (χ1) is 16.0. The second-order valence-corrected chi connectivity index (χ2v) is 8.88. The maximum Gasteiger partial charge on any atom is 0.174 e. The molecule has 6 heteroatoms. The van der Waals surface area contributed by atoms with Crippen molar-refractivity contribution in [2.45, 2.75) is 19.0 Å². The van der Waals surface area contributed by atoms with Gasteiger partial charge in [-0.2, -0.15) is 0 Å². The number of pyridine rings is 1. The zero-order valence-corrected chi connectivity index (χ0v) is 19.8. The van der Waals surface area contributed by atoms with Gasteiger partial charge in [0.2, 0.25) is 0 Å². The Morgan fingerprint density at radius 2 is 1.67 bits per heavy atom. The van der Waals surface area contributed by atoms with Gasteiger partial charge in [-0.15, -0.1) is 0 Å². The van der Waals surface area contributed by atoms with E-state index < -0.39 is 0 Å². The Balaban J connectivity index is 1.65. The number of nitrogens with zero attached hydrogens (tertiary/aromatic N) is 4. The van der Waals surface area contributed by atoms with Gasteiger partial charge < -0.3 is 19.7 Å². The van der Waals surface area contributed by atoms with Crippen molar-refractivity contribution in [2.75, 3.05) is 23.9 Å². The number of aromatic nitrogens is 2. The highest BCUT2D eigenvalue weighted by atomic mass is 32.1. The molecule has 0 saturated carbocycles. The van der Waals surface area contributed by atoms with E-state index in [1.165, 1.54) is 5.56 Å². The van der Waals surface area contributed by atoms with Gasteiger partial charge in [0.25, 0.3) is 0 Å². The Bertz CT molecular complexity index is 1260. The van der Waals surface area contributed by atoms with Crippen LogP contribution in [-0.2, 0) is 0 Å². The predicted octanol–water partition coefficient (Wildman–Crippen LogP) is 5.42. The average molecular weight is 454 g/mol. The number of rotatable bonds is 5. The van der Waals surface area contributed by atoms with Crippen LogP contribution in [0.15, 0.2) is 91.3 Å². The second kappa shape index (κ2) is 8.71. The van der Waals surface area contributed by atoms with Crippen LogP contribution >= 0.6 is 12.2 Å². The highest BCUT2D eigenvalue weighted by Crippen LogP contribution is 2.42. The maximum atomic E-state index is 5.89. The summed E-state index contributed by atoms with van der Waals surface area (Å²) in [5.74, 6) is 0. The third kappa shape index (κ3) is 3.87. The monoisotopic (exact) mass is 453 g/mol. The molecule has 0 radical (unpaired) electrons. The quantitative estimate of drug-likeness (QED) is 0.408. The van der Waals surface area contributed by atoms with Crippen LogP contribution in [0.5, 0.6) is 0 Å². The van der Waals surface area contributed by atoms with E-state index >= 15 is 0 Å². The van der Waals surface area contributed by atoms with E-state index in [2.05, 4.69) is 105 Å². The smallest absolute Gasteiger partial charge is 0.174 e. The van der Waals surface area contributed by atoms with E-state index in [1.807, 2.05) is 32.4 Å². The van der Waals surface area contributed by atoms with E-state index in [4.69, 9.17) is 12.2 Å². The van der Waals surface area contributed by atoms with Crippen LogP contribution in [0.2, 0.25) is 0 Å². The fourth-order valence-electron chi connectivity index (χ4n) is 4.53. The zero-order chi connectivity index (χ0) is 22.9. The van der Waals surface area contributed by atoms with E-state index in [0.717, 1.165) is 28.5 Å². The minimum Gasteiger partial charge on any atom is -0.378 e. The molecule has 1 aliphatic rings. The number of aryl methyl sites for hydroxylation is 1. The average Bonchev–Trinajstić information content (AvgIpc) is 3.44. The lowest BCUT2D eigenvalue weighted by Gasteiger charge is -2.29. The van der Waals surface area contributed by atoms with Crippen molar-refractivity contribution in [3.05, 3.63) is 108 Å². The highest BCUT2D eigenvalue weighted by Gasteiger charge is 2.42. The molecule has 1 aliphatic heterocycles. The van der Waals surface area contributed by atoms with Crippen LogP contribution < -0.4 is 15.1 Å². The maximum absolute atomic E-state index is 5.89. The summed E-state index contributed by atoms with van der Waals surface area (Å²) in [5.41, 5.74) is 6.72. The summed E-state index contributed by atoms with van der Waals surface area (Å²) in [6.07, 6.45) is 3.97. The van der Waals surface area contributed by atoms with Gasteiger partial charge >= 0.3 is 0 Å². The molecular formula is C27H27N5S. The van der Waals surface area contributed by atoms with Crippen molar-refractivity contribution in [1.29, 1.82) is 0 Å². The van der Waals surface area contributed by atoms with Gasteiger partial charge in [0, 0.05) is 49.2 Å². The molecule has 2 aromatic carbocycles. The third-order valence-corrected chi connectivity index (χ3v) is 6.52. The van der Waals surface area contributed by atoms with E-state index in [9.17, 15) is 0 Å². The zero-order valence-electron chi connectivity index (χ0n) is 19.0. The molecule has 166 valence electrons. The first-order valence-corrected chi connectivity index (χ1v) is 11.5. The lowest BCUT2D eigenvalue weighted by Crippen LogP contribution is -2.30. The number of anilines is 2. The van der Waals surface area contributed by atoms with Gasteiger partial charge in [-0.1, -0.05) is 24.3 Å². The Morgan fingerprint density at radius 1 is 0.909 bits per heavy atom. The van der Waals surface area contributed by atoms with Crippen molar-refractivity contribution in [3.8, 4) is 5.69 Å². The molecule has 33 heavy (non-hydrogen) atoms. The van der Waals surface area contributed by atoms with Crippen molar-refractivity contribution >= 4 is 28.7 Å². The van der Waals surface area contributed by atoms with Gasteiger partial charge in [-0.05, 0) is 79.3 Å². The SMILES string of the molecule is Cc1ccccc1-n1cccc1[C@H]1[C@H](c2ccccn2)NC(=S)N1c1ccc(N(C)C)cc1. The van der Waals surface area contributed by atoms with E-state index in [1.54, 1.807) is 0 Å². The largest absolute Gasteiger partial charge is 0.378 e. The first kappa shape index (κ1) is 21.2. The van der Waals surface area contributed by atoms with E-state index in [0.29, 0.717) is 5.11 Å². The van der Waals surface area contributed by atoms with Gasteiger partial charge in [-0.3, -0.25) is 4.98 Å². The fourth-order valence-corrected chi connectivity index (χ4v) is 4.88. The van der Waals surface area contributed by atoms with Gasteiger partial charge in [-0.25, -0.2) is 0 Å². The Morgan fingerprint density at radius 3 is 2.36 bits per heavy atom. The molecule has 0 unspecified atom stereocenters. The van der Waals surface area contributed by atoms with Gasteiger partial charge in [0.05, 0.1) is 11.7 Å². The van der Waals surface area contributed by atoms with Crippen LogP contribution in [0.4, 0.5) is 11.4 Å². The number of thiocarbonyl (C=S) groups is 1. The molecule has 0 spiro atoms. The Hall–Kier alpha value is -3.64. The third-order valence-electron chi connectivity index (χ3n) is 6.20. The minimum absolute atomic E-state index is 0.0628. The molecule has 2 aromatic heterocycles. The van der Waals surface area contributed by atoms with Crippen molar-refractivity contribution in [1.82, 2.24) is 14.9 Å². The predicted molar refractivity (Wildman–Crippen MR) is 139 cm³/mol. The molecule has 1 fully saturated rings. The topological polar surface area (TPSA) is 36.3 Å². The number of benzene rings is 2. The molecule has 0 aliphatic carbocycles. The summed E-state index contributed by atoms with van der Waals surface area (Å²) in [7, 11) is 4.10. The molecule has 0 bridgehead atoms. The summed E-state index contributed by atoms with van der Waals surface area (Å²) in [6.45, 7) is 2.14. The first-order valence-electron chi connectivity index (χ1n) is 11.1. The van der Waals surface area contributed by atoms with Crippen molar-refractivity contribution < 1.29 is 0 Å². The summed E-state index contributed by atoms with van der Waals surface area (Å²) < 4.78 is 2.27. The molecule has 5 nitrogen and oxygen atoms in total. The van der Waals surface area contributed by atoms with Crippen LogP contribution in [0.3, 0.4) is 0 Å². The fraction of sp³-hybridized carbons (Fsp3) is 0.185. The Labute approximate surface area is 200 Å². The number of para-hydroxylation sites is 1. The minimum atomic E-state index is -0.0788. The van der Waals surface area contributed by atoms with E-state index in [-0.39, 0.29) is 12.1 Å². The van der Waals surface area contributed by atoms with Crippen molar-refractivity contribution in [3.63, 3.8) is 0 Å². The molecule has 2 atom stereocenters. The van der Waals surface area contributed by atoms with Crippen molar-refractivity contribution in [2.24, 2.45) is 0 Å². The standard InChI is InChI=1S/C27H27N5S/c1-19-9-4-5-11-23(19)31-18-8-12-24(31)26-25(22-10-6-7-17-28-22)29-27(33)32(26)21-15-13-20(14-16-21)30(2)3/h4-18,25-26H,1-3H3,(H,29,33)/t25-,26-/m0/s1. The molecule has 4 aromatic rings. The van der Waals surface area contributed by atoms with Gasteiger partial charge in [0.15, 0.2) is 5.11 Å². The summed E-state index contributed by atoms with van der Waals surface area (Å²) in [6, 6.07) is 27.2. The lowest BCUT2D eigenvalue weighted by molar-refractivity contribution is 0.549. The second-order valence-electron chi connectivity index (χ2n) is 8.50. The van der Waals surface area contributed by atoms with Crippen LogP contribution in [0.25, 0.3) is 5.69 Å². The summed E-state index contributed by atoms with van der Waals surface area (Å²) >= 11 is 5.89. The molecular weight excluding hydrogens is 426 g/mol. The summed E-state index contributed by atoms with van der Waals surface area (Å²) in [4.78, 5) is 9.00. The highest BCUT2D eigenvalue weighted by molar-refractivity contribution is 7.80. The van der Waals surface area contributed by atoms with Gasteiger partial charge in [0.1, 0.15) is 6.04 Å². The molecule has 1 saturated heterocycles. The lowest BCUT2D eigenvalue weighted by atomic mass is 10.0. The number of hydrogen-bond acceptors (Lipinski definition) is 3. The van der Waals surface area contributed by atoms with Crippen LogP contribution in [-0.4, -0.2) is 28.8 Å². The Kier molecular flexibility index (Phi) is 5.60. The number of nitrogens with one attached hydrogen (secondary N) is 1. The number of hydrogen-bond donors (Lipinski definition) is 1.